The van der Waals surface area contributed by atoms with Gasteiger partial charge in [0.2, 0.25) is 15.9 Å². The number of benzene rings is 2. The maximum Gasteiger partial charge on any atom is 0.242 e. The topological polar surface area (TPSA) is 92.8 Å². The third-order valence-electron chi connectivity index (χ3n) is 4.31. The van der Waals surface area contributed by atoms with E-state index in [1.165, 1.54) is 42.5 Å². The summed E-state index contributed by atoms with van der Waals surface area (Å²) in [7, 11) is -2.21. The van der Waals surface area contributed by atoms with Crippen LogP contribution in [0.25, 0.3) is 0 Å². The summed E-state index contributed by atoms with van der Waals surface area (Å²) in [5.41, 5.74) is 1.04. The summed E-state index contributed by atoms with van der Waals surface area (Å²) in [6.07, 6.45) is 0.535. The Morgan fingerprint density at radius 2 is 1.72 bits per heavy atom. The third-order valence-corrected chi connectivity index (χ3v) is 6.18. The van der Waals surface area contributed by atoms with E-state index < -0.39 is 10.0 Å². The number of carbonyl (C=O) groups excluding carboxylic acids is 2. The summed E-state index contributed by atoms with van der Waals surface area (Å²) in [5.74, 6) is 0.255. The molecule has 2 rings (SSSR count). The highest BCUT2D eigenvalue weighted by molar-refractivity contribution is 7.89. The van der Waals surface area contributed by atoms with Crippen molar-refractivity contribution in [2.45, 2.75) is 31.6 Å². The van der Waals surface area contributed by atoms with E-state index in [0.29, 0.717) is 30.0 Å². The molecule has 0 saturated heterocycles. The summed E-state index contributed by atoms with van der Waals surface area (Å²) in [6, 6.07) is 13.0. The number of sulfonamides is 1. The average molecular weight is 419 g/mol. The van der Waals surface area contributed by atoms with Gasteiger partial charge in [-0.2, -0.15) is 0 Å². The number of ether oxygens (including phenoxy) is 1. The number of nitrogens with one attached hydrogen (secondary N) is 1. The highest BCUT2D eigenvalue weighted by Crippen LogP contribution is 2.24. The Labute approximate surface area is 171 Å². The number of Topliss-reactive ketones (excluding diaryl/α,β-unsaturated/α-hetero) is 1. The molecule has 0 radical (unpaired) electrons. The van der Waals surface area contributed by atoms with E-state index >= 15 is 0 Å². The molecule has 0 spiro atoms. The van der Waals surface area contributed by atoms with Crippen LogP contribution in [0.5, 0.6) is 5.75 Å². The minimum Gasteiger partial charge on any atom is -0.492 e. The average Bonchev–Trinajstić information content (AvgIpc) is 2.69. The molecule has 2 aromatic carbocycles. The molecule has 0 aliphatic carbocycles. The van der Waals surface area contributed by atoms with Crippen molar-refractivity contribution in [1.29, 1.82) is 0 Å². The molecular weight excluding hydrogens is 392 g/mol. The number of nitrogens with zero attached hydrogens (tertiary/aromatic N) is 1. The maximum absolute atomic E-state index is 12.6. The maximum atomic E-state index is 12.6. The first-order valence-corrected chi connectivity index (χ1v) is 10.8. The number of amides is 1. The van der Waals surface area contributed by atoms with E-state index in [-0.39, 0.29) is 29.6 Å². The predicted molar refractivity (Wildman–Crippen MR) is 112 cm³/mol. The van der Waals surface area contributed by atoms with Gasteiger partial charge in [-0.1, -0.05) is 24.3 Å². The van der Waals surface area contributed by atoms with Gasteiger partial charge < -0.3 is 10.1 Å². The van der Waals surface area contributed by atoms with Gasteiger partial charge in [0, 0.05) is 25.6 Å². The SMILES string of the molecule is CCOc1ccccc1NC(=O)CCCN(C)S(=O)(=O)c1ccc(C(C)=O)cc1. The summed E-state index contributed by atoms with van der Waals surface area (Å²) >= 11 is 0. The van der Waals surface area contributed by atoms with Crippen molar-refractivity contribution >= 4 is 27.4 Å². The summed E-state index contributed by atoms with van der Waals surface area (Å²) < 4.78 is 31.9. The number of ketones is 1. The Kier molecular flexibility index (Phi) is 7.92. The number of carbonyl (C=O) groups is 2. The van der Waals surface area contributed by atoms with Crippen molar-refractivity contribution in [1.82, 2.24) is 4.31 Å². The van der Waals surface area contributed by atoms with Crippen LogP contribution in [0.1, 0.15) is 37.0 Å². The van der Waals surface area contributed by atoms with Crippen LogP contribution in [0.15, 0.2) is 53.4 Å². The molecule has 0 aliphatic heterocycles. The zero-order valence-corrected chi connectivity index (χ0v) is 17.7. The molecular formula is C21H26N2O5S. The first-order chi connectivity index (χ1) is 13.8. The number of anilines is 1. The van der Waals surface area contributed by atoms with E-state index in [0.717, 1.165) is 0 Å². The minimum atomic E-state index is -3.68. The van der Waals surface area contributed by atoms with Crippen LogP contribution in [0, 0.1) is 0 Å². The summed E-state index contributed by atoms with van der Waals surface area (Å²) in [5, 5.41) is 2.79. The van der Waals surface area contributed by atoms with Crippen LogP contribution < -0.4 is 10.1 Å². The minimum absolute atomic E-state index is 0.111. The fraction of sp³-hybridized carbons (Fsp3) is 0.333. The molecule has 1 amide bonds. The van der Waals surface area contributed by atoms with Gasteiger partial charge >= 0.3 is 0 Å². The molecule has 2 aromatic rings. The van der Waals surface area contributed by atoms with Crippen molar-refractivity contribution in [3.8, 4) is 5.75 Å². The van der Waals surface area contributed by atoms with Crippen LogP contribution in [-0.2, 0) is 14.8 Å². The van der Waals surface area contributed by atoms with Crippen LogP contribution in [0.2, 0.25) is 0 Å². The fourth-order valence-electron chi connectivity index (χ4n) is 2.69. The van der Waals surface area contributed by atoms with Crippen LogP contribution in [0.4, 0.5) is 5.69 Å². The quantitative estimate of drug-likeness (QED) is 0.598. The lowest BCUT2D eigenvalue weighted by atomic mass is 10.2. The monoisotopic (exact) mass is 418 g/mol. The Hall–Kier alpha value is -2.71. The number of rotatable bonds is 10. The van der Waals surface area contributed by atoms with Gasteiger partial charge in [0.25, 0.3) is 0 Å². The van der Waals surface area contributed by atoms with Gasteiger partial charge in [-0.3, -0.25) is 9.59 Å². The van der Waals surface area contributed by atoms with Crippen molar-refractivity contribution in [2.75, 3.05) is 25.5 Å². The first-order valence-electron chi connectivity index (χ1n) is 9.34. The lowest BCUT2D eigenvalue weighted by molar-refractivity contribution is -0.116. The highest BCUT2D eigenvalue weighted by Gasteiger charge is 2.21. The van der Waals surface area contributed by atoms with E-state index in [2.05, 4.69) is 5.32 Å². The number of hydrogen-bond donors (Lipinski definition) is 1. The zero-order chi connectivity index (χ0) is 21.4. The van der Waals surface area contributed by atoms with E-state index in [9.17, 15) is 18.0 Å². The second-order valence-electron chi connectivity index (χ2n) is 6.49. The smallest absolute Gasteiger partial charge is 0.242 e. The molecule has 0 bridgehead atoms. The number of hydrogen-bond acceptors (Lipinski definition) is 5. The lowest BCUT2D eigenvalue weighted by Gasteiger charge is -2.17. The predicted octanol–water partition coefficient (Wildman–Crippen LogP) is 3.33. The molecule has 0 aromatic heterocycles. The molecule has 0 aliphatic rings. The van der Waals surface area contributed by atoms with E-state index in [4.69, 9.17) is 4.74 Å². The molecule has 29 heavy (non-hydrogen) atoms. The fourth-order valence-corrected chi connectivity index (χ4v) is 3.90. The van der Waals surface area contributed by atoms with Crippen molar-refractivity contribution in [3.05, 3.63) is 54.1 Å². The number of para-hydroxylation sites is 2. The van der Waals surface area contributed by atoms with Gasteiger partial charge in [0.1, 0.15) is 5.75 Å². The van der Waals surface area contributed by atoms with Gasteiger partial charge in [0.15, 0.2) is 5.78 Å². The zero-order valence-electron chi connectivity index (χ0n) is 16.8. The molecule has 0 atom stereocenters. The van der Waals surface area contributed by atoms with E-state index in [1.807, 2.05) is 13.0 Å². The van der Waals surface area contributed by atoms with Crippen LogP contribution >= 0.6 is 0 Å². The van der Waals surface area contributed by atoms with Crippen LogP contribution in [0.3, 0.4) is 0 Å². The Morgan fingerprint density at radius 1 is 1.07 bits per heavy atom. The molecule has 0 heterocycles. The normalized spacial score (nSPS) is 11.3. The van der Waals surface area contributed by atoms with E-state index in [1.54, 1.807) is 18.2 Å². The van der Waals surface area contributed by atoms with Crippen molar-refractivity contribution in [3.63, 3.8) is 0 Å². The standard InChI is InChI=1S/C21H26N2O5S/c1-4-28-20-9-6-5-8-19(20)22-21(25)10-7-15-23(3)29(26,27)18-13-11-17(12-14-18)16(2)24/h5-6,8-9,11-14H,4,7,10,15H2,1-3H3,(H,22,25). The second-order valence-corrected chi connectivity index (χ2v) is 8.53. The molecule has 156 valence electrons. The third kappa shape index (κ3) is 6.13. The van der Waals surface area contributed by atoms with Gasteiger partial charge in [-0.25, -0.2) is 12.7 Å². The summed E-state index contributed by atoms with van der Waals surface area (Å²) in [6.45, 7) is 3.97. The Bertz CT molecular complexity index is 955. The molecule has 0 saturated carbocycles. The molecule has 0 unspecified atom stereocenters. The molecule has 0 fully saturated rings. The van der Waals surface area contributed by atoms with Crippen molar-refractivity contribution < 1.29 is 22.7 Å². The molecule has 1 N–H and O–H groups in total. The van der Waals surface area contributed by atoms with Gasteiger partial charge in [-0.05, 0) is 44.5 Å². The Morgan fingerprint density at radius 3 is 2.34 bits per heavy atom. The van der Waals surface area contributed by atoms with Crippen molar-refractivity contribution in [2.24, 2.45) is 0 Å². The van der Waals surface area contributed by atoms with Gasteiger partial charge in [-0.15, -0.1) is 0 Å². The second kappa shape index (κ2) is 10.2. The first kappa shape index (κ1) is 22.6. The molecule has 7 nitrogen and oxygen atoms in total. The Balaban J connectivity index is 1.90. The lowest BCUT2D eigenvalue weighted by Crippen LogP contribution is -2.28. The summed E-state index contributed by atoms with van der Waals surface area (Å²) in [4.78, 5) is 23.6. The van der Waals surface area contributed by atoms with Gasteiger partial charge in [0.05, 0.1) is 17.2 Å². The highest BCUT2D eigenvalue weighted by atomic mass is 32.2. The van der Waals surface area contributed by atoms with Crippen LogP contribution in [-0.4, -0.2) is 44.6 Å². The largest absolute Gasteiger partial charge is 0.492 e. The molecule has 8 heteroatoms.